The predicted octanol–water partition coefficient (Wildman–Crippen LogP) is 3.78. The molecule has 1 aliphatic rings. The van der Waals surface area contributed by atoms with Crippen molar-refractivity contribution in [3.63, 3.8) is 0 Å². The van der Waals surface area contributed by atoms with E-state index in [1.165, 1.54) is 6.07 Å². The van der Waals surface area contributed by atoms with Gasteiger partial charge >= 0.3 is 0 Å². The molecular weight excluding hydrogens is 339 g/mol. The lowest BCUT2D eigenvalue weighted by atomic mass is 10.0. The molecule has 0 unspecified atom stereocenters. The molecule has 3 rings (SSSR count). The van der Waals surface area contributed by atoms with Crippen LogP contribution in [0.3, 0.4) is 0 Å². The fraction of sp³-hybridized carbons (Fsp3) is 0.188. The molecule has 0 aromatic heterocycles. The Labute approximate surface area is 129 Å². The Bertz CT molecular complexity index is 700. The van der Waals surface area contributed by atoms with Gasteiger partial charge in [-0.3, -0.25) is 4.79 Å². The summed E-state index contributed by atoms with van der Waals surface area (Å²) in [7, 11) is 0. The third-order valence-corrected chi connectivity index (χ3v) is 3.72. The molecular formula is C16H12BrFO3. The van der Waals surface area contributed by atoms with Crippen LogP contribution in [-0.2, 0) is 6.42 Å². The average Bonchev–Trinajstić information content (AvgIpc) is 2.50. The van der Waals surface area contributed by atoms with Gasteiger partial charge in [-0.05, 0) is 35.9 Å². The maximum Gasteiger partial charge on any atom is 0.172 e. The van der Waals surface area contributed by atoms with Gasteiger partial charge in [0.25, 0.3) is 0 Å². The molecule has 0 fully saturated rings. The smallest absolute Gasteiger partial charge is 0.172 e. The van der Waals surface area contributed by atoms with E-state index in [4.69, 9.17) is 9.47 Å². The zero-order valence-electron chi connectivity index (χ0n) is 11.1. The lowest BCUT2D eigenvalue weighted by Gasteiger charge is -2.20. The minimum Gasteiger partial charge on any atom is -0.486 e. The molecule has 5 heteroatoms. The molecule has 0 saturated heterocycles. The Morgan fingerprint density at radius 3 is 2.86 bits per heavy atom. The zero-order chi connectivity index (χ0) is 14.8. The highest BCUT2D eigenvalue weighted by molar-refractivity contribution is 9.10. The van der Waals surface area contributed by atoms with Crippen LogP contribution in [0, 0.1) is 5.82 Å². The number of Topliss-reactive ketones (excluding diaryl/α,β-unsaturated/α-hetero) is 1. The van der Waals surface area contributed by atoms with Crippen LogP contribution in [0.25, 0.3) is 0 Å². The Hall–Kier alpha value is -1.88. The molecule has 3 nitrogen and oxygen atoms in total. The summed E-state index contributed by atoms with van der Waals surface area (Å²) in [5.74, 6) is 0.411. The van der Waals surface area contributed by atoms with Gasteiger partial charge in [-0.1, -0.05) is 22.0 Å². The van der Waals surface area contributed by atoms with Crippen molar-refractivity contribution < 1.29 is 18.7 Å². The number of hydrogen-bond acceptors (Lipinski definition) is 3. The van der Waals surface area contributed by atoms with Gasteiger partial charge in [0.2, 0.25) is 0 Å². The summed E-state index contributed by atoms with van der Waals surface area (Å²) in [5, 5.41) is 0. The number of carbonyl (C=O) groups excluding carboxylic acids is 1. The SMILES string of the molecule is O=C(Cc1cc(Br)ccc1F)c1cccc2c1OCCO2. The molecule has 2 aromatic carbocycles. The monoisotopic (exact) mass is 350 g/mol. The van der Waals surface area contributed by atoms with Gasteiger partial charge in [0.05, 0.1) is 5.56 Å². The summed E-state index contributed by atoms with van der Waals surface area (Å²) in [6.45, 7) is 0.868. The number of rotatable bonds is 3. The number of benzene rings is 2. The van der Waals surface area contributed by atoms with Crippen molar-refractivity contribution in [2.75, 3.05) is 13.2 Å². The van der Waals surface area contributed by atoms with Crippen LogP contribution in [0.2, 0.25) is 0 Å². The zero-order valence-corrected chi connectivity index (χ0v) is 12.7. The Kier molecular flexibility index (Phi) is 3.92. The first-order valence-corrected chi connectivity index (χ1v) is 7.30. The van der Waals surface area contributed by atoms with E-state index in [0.29, 0.717) is 35.8 Å². The third-order valence-electron chi connectivity index (χ3n) is 3.23. The van der Waals surface area contributed by atoms with Gasteiger partial charge < -0.3 is 9.47 Å². The van der Waals surface area contributed by atoms with Crippen LogP contribution >= 0.6 is 15.9 Å². The van der Waals surface area contributed by atoms with Crippen LogP contribution in [0.15, 0.2) is 40.9 Å². The maximum atomic E-state index is 13.8. The second-order valence-corrected chi connectivity index (χ2v) is 5.58. The molecule has 1 aliphatic heterocycles. The Morgan fingerprint density at radius 2 is 2.00 bits per heavy atom. The van der Waals surface area contributed by atoms with Crippen LogP contribution in [0.4, 0.5) is 4.39 Å². The van der Waals surface area contributed by atoms with Crippen molar-refractivity contribution in [1.29, 1.82) is 0 Å². The van der Waals surface area contributed by atoms with Gasteiger partial charge in [0.15, 0.2) is 17.3 Å². The summed E-state index contributed by atoms with van der Waals surface area (Å²) in [4.78, 5) is 12.4. The number of carbonyl (C=O) groups is 1. The number of para-hydroxylation sites is 1. The van der Waals surface area contributed by atoms with Crippen molar-refractivity contribution >= 4 is 21.7 Å². The molecule has 0 aliphatic carbocycles. The lowest BCUT2D eigenvalue weighted by molar-refractivity contribution is 0.0980. The first-order chi connectivity index (χ1) is 10.1. The van der Waals surface area contributed by atoms with E-state index in [1.54, 1.807) is 30.3 Å². The van der Waals surface area contributed by atoms with E-state index >= 15 is 0 Å². The highest BCUT2D eigenvalue weighted by Gasteiger charge is 2.21. The predicted molar refractivity (Wildman–Crippen MR) is 79.6 cm³/mol. The largest absolute Gasteiger partial charge is 0.486 e. The standard InChI is InChI=1S/C16H12BrFO3/c17-11-4-5-13(18)10(8-11)9-14(19)12-2-1-3-15-16(12)21-7-6-20-15/h1-5,8H,6-7,9H2. The van der Waals surface area contributed by atoms with E-state index in [2.05, 4.69) is 15.9 Å². The summed E-state index contributed by atoms with van der Waals surface area (Å²) < 4.78 is 25.5. The number of fused-ring (bicyclic) bond motifs is 1. The molecule has 0 N–H and O–H groups in total. The highest BCUT2D eigenvalue weighted by atomic mass is 79.9. The van der Waals surface area contributed by atoms with Crippen LogP contribution < -0.4 is 9.47 Å². The number of halogens is 2. The van der Waals surface area contributed by atoms with E-state index in [0.717, 1.165) is 4.47 Å². The molecule has 0 bridgehead atoms. The minimum absolute atomic E-state index is 0.0227. The Balaban J connectivity index is 1.91. The molecule has 0 saturated carbocycles. The molecule has 1 heterocycles. The quantitative estimate of drug-likeness (QED) is 0.790. The highest BCUT2D eigenvalue weighted by Crippen LogP contribution is 2.34. The van der Waals surface area contributed by atoms with Crippen LogP contribution in [-0.4, -0.2) is 19.0 Å². The molecule has 21 heavy (non-hydrogen) atoms. The fourth-order valence-electron chi connectivity index (χ4n) is 2.24. The van der Waals surface area contributed by atoms with Crippen molar-refractivity contribution in [1.82, 2.24) is 0 Å². The molecule has 0 spiro atoms. The van der Waals surface area contributed by atoms with Crippen molar-refractivity contribution in [3.8, 4) is 11.5 Å². The van der Waals surface area contributed by atoms with Gasteiger partial charge in [0.1, 0.15) is 19.0 Å². The van der Waals surface area contributed by atoms with Crippen LogP contribution in [0.1, 0.15) is 15.9 Å². The third kappa shape index (κ3) is 2.93. The Morgan fingerprint density at radius 1 is 1.19 bits per heavy atom. The summed E-state index contributed by atoms with van der Waals surface area (Å²) >= 11 is 3.28. The molecule has 0 amide bonds. The summed E-state index contributed by atoms with van der Waals surface area (Å²) in [5.41, 5.74) is 0.773. The first-order valence-electron chi connectivity index (χ1n) is 6.51. The van der Waals surface area contributed by atoms with Gasteiger partial charge in [0, 0.05) is 10.9 Å². The van der Waals surface area contributed by atoms with E-state index in [1.807, 2.05) is 0 Å². The normalized spacial score (nSPS) is 13.0. The minimum atomic E-state index is -0.395. The fourth-order valence-corrected chi connectivity index (χ4v) is 2.65. The number of ketones is 1. The second kappa shape index (κ2) is 5.85. The van der Waals surface area contributed by atoms with Gasteiger partial charge in [-0.25, -0.2) is 4.39 Å². The number of ether oxygens (including phenoxy) is 2. The van der Waals surface area contributed by atoms with E-state index in [-0.39, 0.29) is 12.2 Å². The maximum absolute atomic E-state index is 13.8. The summed E-state index contributed by atoms with van der Waals surface area (Å²) in [6, 6.07) is 9.71. The summed E-state index contributed by atoms with van der Waals surface area (Å²) in [6.07, 6.45) is -0.0227. The molecule has 0 radical (unpaired) electrons. The van der Waals surface area contributed by atoms with Crippen molar-refractivity contribution in [2.24, 2.45) is 0 Å². The van der Waals surface area contributed by atoms with Crippen molar-refractivity contribution in [2.45, 2.75) is 6.42 Å². The topological polar surface area (TPSA) is 35.5 Å². The van der Waals surface area contributed by atoms with Gasteiger partial charge in [-0.2, -0.15) is 0 Å². The van der Waals surface area contributed by atoms with Crippen molar-refractivity contribution in [3.05, 3.63) is 57.8 Å². The van der Waals surface area contributed by atoms with E-state index < -0.39 is 5.82 Å². The second-order valence-electron chi connectivity index (χ2n) is 4.67. The lowest BCUT2D eigenvalue weighted by Crippen LogP contribution is -2.18. The number of hydrogen-bond donors (Lipinski definition) is 0. The molecule has 108 valence electrons. The average molecular weight is 351 g/mol. The van der Waals surface area contributed by atoms with Gasteiger partial charge in [-0.15, -0.1) is 0 Å². The molecule has 0 atom stereocenters. The van der Waals surface area contributed by atoms with Crippen LogP contribution in [0.5, 0.6) is 11.5 Å². The molecule has 2 aromatic rings. The first kappa shape index (κ1) is 14.1. The van der Waals surface area contributed by atoms with E-state index in [9.17, 15) is 9.18 Å².